The molecule has 6 heteroatoms. The Kier molecular flexibility index (Phi) is 4.58. The Morgan fingerprint density at radius 3 is 2.88 bits per heavy atom. The Bertz CT molecular complexity index is 748. The van der Waals surface area contributed by atoms with Crippen LogP contribution in [0.1, 0.15) is 17.0 Å². The third-order valence-corrected chi connectivity index (χ3v) is 6.15. The number of nitrogens with zero attached hydrogens (tertiary/aromatic N) is 3. The minimum Gasteiger partial charge on any atom is -0.371 e. The van der Waals surface area contributed by atoms with Crippen LogP contribution in [0.25, 0.3) is 0 Å². The molecular weight excluding hydrogens is 334 g/mol. The van der Waals surface area contributed by atoms with Crippen LogP contribution in [-0.4, -0.2) is 48.6 Å². The number of aryl methyl sites for hydroxylation is 1. The molecule has 2 aromatic rings. The first-order chi connectivity index (χ1) is 12.2. The number of aromatic nitrogens is 1. The molecule has 1 amide bonds. The van der Waals surface area contributed by atoms with Gasteiger partial charge in [-0.1, -0.05) is 18.2 Å². The molecule has 0 saturated carbocycles. The van der Waals surface area contributed by atoms with Gasteiger partial charge in [0, 0.05) is 35.6 Å². The molecule has 1 spiro atoms. The lowest BCUT2D eigenvalue weighted by molar-refractivity contribution is -0.122. The van der Waals surface area contributed by atoms with Crippen molar-refractivity contribution in [1.82, 2.24) is 9.88 Å². The molecule has 0 radical (unpaired) electrons. The molecule has 1 atom stereocenters. The summed E-state index contributed by atoms with van der Waals surface area (Å²) in [5.41, 5.74) is 4.03. The van der Waals surface area contributed by atoms with Gasteiger partial charge in [0.15, 0.2) is 0 Å². The zero-order valence-corrected chi connectivity index (χ0v) is 15.3. The van der Waals surface area contributed by atoms with Crippen LogP contribution in [0, 0.1) is 12.3 Å². The van der Waals surface area contributed by atoms with Gasteiger partial charge in [-0.25, -0.2) is 4.98 Å². The Hall–Kier alpha value is -1.76. The van der Waals surface area contributed by atoms with E-state index >= 15 is 0 Å². The number of likely N-dealkylation sites (tertiary alicyclic amines) is 1. The number of carbonyl (C=O) groups is 1. The van der Waals surface area contributed by atoms with E-state index in [-0.39, 0.29) is 17.9 Å². The number of carbonyl (C=O) groups excluding carboxylic acids is 1. The Labute approximate surface area is 152 Å². The minimum absolute atomic E-state index is 0.0145. The third kappa shape index (κ3) is 3.47. The maximum absolute atomic E-state index is 12.5. The number of thiazole rings is 1. The molecule has 0 bridgehead atoms. The van der Waals surface area contributed by atoms with Gasteiger partial charge < -0.3 is 9.64 Å². The van der Waals surface area contributed by atoms with E-state index in [2.05, 4.69) is 16.8 Å². The largest absolute Gasteiger partial charge is 0.371 e. The topological polar surface area (TPSA) is 45.7 Å². The monoisotopic (exact) mass is 357 g/mol. The molecule has 2 saturated heterocycles. The van der Waals surface area contributed by atoms with Crippen molar-refractivity contribution in [3.63, 3.8) is 0 Å². The van der Waals surface area contributed by atoms with Gasteiger partial charge >= 0.3 is 0 Å². The van der Waals surface area contributed by atoms with E-state index in [0.29, 0.717) is 6.61 Å². The molecule has 4 rings (SSSR count). The number of anilines is 1. The zero-order chi connectivity index (χ0) is 17.3. The summed E-state index contributed by atoms with van der Waals surface area (Å²) in [7, 11) is 0. The van der Waals surface area contributed by atoms with Gasteiger partial charge in [0.1, 0.15) is 6.61 Å². The van der Waals surface area contributed by atoms with E-state index in [1.807, 2.05) is 40.7 Å². The van der Waals surface area contributed by atoms with Crippen LogP contribution in [0.15, 0.2) is 35.8 Å². The molecule has 132 valence electrons. The lowest BCUT2D eigenvalue weighted by atomic mass is 9.87. The van der Waals surface area contributed by atoms with Gasteiger partial charge in [-0.3, -0.25) is 9.69 Å². The zero-order valence-electron chi connectivity index (χ0n) is 14.5. The quantitative estimate of drug-likeness (QED) is 0.847. The van der Waals surface area contributed by atoms with Crippen LogP contribution in [0.3, 0.4) is 0 Å². The summed E-state index contributed by atoms with van der Waals surface area (Å²) in [6.45, 7) is 6.57. The van der Waals surface area contributed by atoms with Crippen LogP contribution in [0.2, 0.25) is 0 Å². The highest BCUT2D eigenvalue weighted by atomic mass is 32.1. The van der Waals surface area contributed by atoms with Crippen molar-refractivity contribution in [3.05, 3.63) is 46.4 Å². The number of para-hydroxylation sites is 1. The first-order valence-electron chi connectivity index (χ1n) is 8.70. The first kappa shape index (κ1) is 16.7. The van der Waals surface area contributed by atoms with Gasteiger partial charge in [-0.15, -0.1) is 11.3 Å². The fourth-order valence-corrected chi connectivity index (χ4v) is 4.65. The summed E-state index contributed by atoms with van der Waals surface area (Å²) in [6.07, 6.45) is 1.06. The molecule has 2 aliphatic heterocycles. The van der Waals surface area contributed by atoms with E-state index in [0.717, 1.165) is 44.0 Å². The van der Waals surface area contributed by atoms with Crippen LogP contribution in [0.5, 0.6) is 0 Å². The lowest BCUT2D eigenvalue weighted by Crippen LogP contribution is -2.42. The van der Waals surface area contributed by atoms with E-state index in [9.17, 15) is 4.79 Å². The van der Waals surface area contributed by atoms with Crippen molar-refractivity contribution >= 4 is 22.9 Å². The summed E-state index contributed by atoms with van der Waals surface area (Å²) in [6, 6.07) is 9.95. The second-order valence-electron chi connectivity index (χ2n) is 7.13. The maximum atomic E-state index is 12.5. The van der Waals surface area contributed by atoms with Crippen molar-refractivity contribution in [1.29, 1.82) is 0 Å². The van der Waals surface area contributed by atoms with Gasteiger partial charge in [0.25, 0.3) is 5.91 Å². The fourth-order valence-electron chi connectivity index (χ4n) is 3.84. The molecule has 1 unspecified atom stereocenters. The standard InChI is InChI=1S/C19H23N3O2S/c1-15-17(25-14-20-15)9-21-8-7-19(11-21)12-22(18(23)10-24-13-19)16-5-3-2-4-6-16/h2-6,14H,7-13H2,1H3. The number of amides is 1. The Morgan fingerprint density at radius 2 is 2.12 bits per heavy atom. The summed E-state index contributed by atoms with van der Waals surface area (Å²) in [4.78, 5) is 22.6. The van der Waals surface area contributed by atoms with Crippen LogP contribution in [-0.2, 0) is 16.1 Å². The summed E-state index contributed by atoms with van der Waals surface area (Å²) >= 11 is 1.72. The van der Waals surface area contributed by atoms with E-state index in [1.165, 1.54) is 4.88 Å². The first-order valence-corrected chi connectivity index (χ1v) is 9.58. The van der Waals surface area contributed by atoms with E-state index < -0.39 is 0 Å². The van der Waals surface area contributed by atoms with Crippen molar-refractivity contribution in [2.24, 2.45) is 5.41 Å². The fraction of sp³-hybridized carbons (Fsp3) is 0.474. The summed E-state index contributed by atoms with van der Waals surface area (Å²) < 4.78 is 5.78. The third-order valence-electron chi connectivity index (χ3n) is 5.23. The normalized spacial score (nSPS) is 24.8. The van der Waals surface area contributed by atoms with Crippen LogP contribution in [0.4, 0.5) is 5.69 Å². The smallest absolute Gasteiger partial charge is 0.252 e. The highest BCUT2D eigenvalue weighted by Crippen LogP contribution is 2.36. The van der Waals surface area contributed by atoms with Crippen molar-refractivity contribution < 1.29 is 9.53 Å². The molecule has 25 heavy (non-hydrogen) atoms. The van der Waals surface area contributed by atoms with Crippen LogP contribution < -0.4 is 4.90 Å². The molecule has 1 aromatic carbocycles. The SMILES string of the molecule is Cc1ncsc1CN1CCC2(COCC(=O)N(c3ccccc3)C2)C1. The van der Waals surface area contributed by atoms with Gasteiger partial charge in [-0.05, 0) is 32.0 Å². The number of benzene rings is 1. The van der Waals surface area contributed by atoms with Crippen molar-refractivity contribution in [2.75, 3.05) is 37.7 Å². The molecule has 2 fully saturated rings. The van der Waals surface area contributed by atoms with Crippen LogP contribution >= 0.6 is 11.3 Å². The maximum Gasteiger partial charge on any atom is 0.252 e. The second-order valence-corrected chi connectivity index (χ2v) is 8.07. The second kappa shape index (κ2) is 6.86. The molecule has 0 N–H and O–H groups in total. The highest BCUT2D eigenvalue weighted by molar-refractivity contribution is 7.09. The number of hydrogen-bond donors (Lipinski definition) is 0. The average molecular weight is 357 g/mol. The number of rotatable bonds is 3. The molecule has 5 nitrogen and oxygen atoms in total. The summed E-state index contributed by atoms with van der Waals surface area (Å²) in [5.74, 6) is 0.0554. The van der Waals surface area contributed by atoms with Crippen molar-refractivity contribution in [2.45, 2.75) is 19.9 Å². The van der Waals surface area contributed by atoms with Crippen molar-refractivity contribution in [3.8, 4) is 0 Å². The number of hydrogen-bond acceptors (Lipinski definition) is 5. The molecule has 0 aliphatic carbocycles. The minimum atomic E-state index is 0.0145. The van der Waals surface area contributed by atoms with Gasteiger partial charge in [0.2, 0.25) is 0 Å². The average Bonchev–Trinajstić information content (AvgIpc) is 3.16. The lowest BCUT2D eigenvalue weighted by Gasteiger charge is -2.32. The van der Waals surface area contributed by atoms with E-state index in [1.54, 1.807) is 11.3 Å². The van der Waals surface area contributed by atoms with E-state index in [4.69, 9.17) is 4.74 Å². The highest BCUT2D eigenvalue weighted by Gasteiger charge is 2.43. The van der Waals surface area contributed by atoms with Gasteiger partial charge in [-0.2, -0.15) is 0 Å². The Morgan fingerprint density at radius 1 is 1.28 bits per heavy atom. The number of ether oxygens (including phenoxy) is 1. The summed E-state index contributed by atoms with van der Waals surface area (Å²) in [5, 5.41) is 0. The predicted molar refractivity (Wildman–Crippen MR) is 98.8 cm³/mol. The predicted octanol–water partition coefficient (Wildman–Crippen LogP) is 2.71. The molecule has 3 heterocycles. The molecule has 2 aliphatic rings. The molecule has 1 aromatic heterocycles. The van der Waals surface area contributed by atoms with Gasteiger partial charge in [0.05, 0.1) is 17.8 Å². The Balaban J connectivity index is 1.51. The molecular formula is C19H23N3O2S.